The van der Waals surface area contributed by atoms with E-state index >= 15 is 0 Å². The molecule has 0 aromatic rings. The Kier molecular flexibility index (Phi) is 3.09. The second-order valence-corrected chi connectivity index (χ2v) is 4.07. The lowest BCUT2D eigenvalue weighted by Gasteiger charge is -2.49. The van der Waals surface area contributed by atoms with E-state index in [0.717, 1.165) is 19.6 Å². The van der Waals surface area contributed by atoms with Crippen LogP contribution < -0.4 is 5.32 Å². The van der Waals surface area contributed by atoms with Gasteiger partial charge in [0.2, 0.25) is 0 Å². The van der Waals surface area contributed by atoms with Gasteiger partial charge in [-0.1, -0.05) is 13.8 Å². The average Bonchev–Trinajstić information content (AvgIpc) is 2.04. The predicted molar refractivity (Wildman–Crippen MR) is 48.1 cm³/mol. The van der Waals surface area contributed by atoms with E-state index in [1.165, 1.54) is 0 Å². The fourth-order valence-electron chi connectivity index (χ4n) is 1.58. The van der Waals surface area contributed by atoms with Crippen LogP contribution in [0.5, 0.6) is 0 Å². The van der Waals surface area contributed by atoms with E-state index in [-0.39, 0.29) is 11.5 Å². The second-order valence-electron chi connectivity index (χ2n) is 4.07. The van der Waals surface area contributed by atoms with Gasteiger partial charge in [-0.05, 0) is 6.42 Å². The molecule has 2 unspecified atom stereocenters. The van der Waals surface area contributed by atoms with Gasteiger partial charge in [-0.15, -0.1) is 0 Å². The number of hydrogen-bond acceptors (Lipinski definition) is 3. The summed E-state index contributed by atoms with van der Waals surface area (Å²) in [6, 6.07) is 0.447. The summed E-state index contributed by atoms with van der Waals surface area (Å²) in [5.41, 5.74) is 0.0355. The molecular formula is C9H19NO2. The molecule has 1 aliphatic carbocycles. The average molecular weight is 173 g/mol. The second kappa shape index (κ2) is 3.73. The van der Waals surface area contributed by atoms with Crippen LogP contribution in [0.2, 0.25) is 0 Å². The Morgan fingerprint density at radius 3 is 2.67 bits per heavy atom. The summed E-state index contributed by atoms with van der Waals surface area (Å²) >= 11 is 0. The zero-order chi connectivity index (χ0) is 9.19. The van der Waals surface area contributed by atoms with Crippen molar-refractivity contribution in [1.29, 1.82) is 0 Å². The maximum absolute atomic E-state index is 9.43. The lowest BCUT2D eigenvalue weighted by Crippen LogP contribution is -2.60. The topological polar surface area (TPSA) is 41.5 Å². The molecule has 12 heavy (non-hydrogen) atoms. The standard InChI is InChI=1S/C9H19NO2/c1-9(2)7(6-8(9)11)10-4-5-12-3/h7-8,10-11H,4-6H2,1-3H3. The van der Waals surface area contributed by atoms with Gasteiger partial charge in [-0.25, -0.2) is 0 Å². The molecule has 3 nitrogen and oxygen atoms in total. The van der Waals surface area contributed by atoms with Crippen molar-refractivity contribution >= 4 is 0 Å². The van der Waals surface area contributed by atoms with E-state index in [1.807, 2.05) is 0 Å². The monoisotopic (exact) mass is 173 g/mol. The third kappa shape index (κ3) is 1.79. The molecule has 3 heteroatoms. The lowest BCUT2D eigenvalue weighted by molar-refractivity contribution is -0.0733. The lowest BCUT2D eigenvalue weighted by atomic mass is 9.64. The van der Waals surface area contributed by atoms with Crippen molar-refractivity contribution < 1.29 is 9.84 Å². The van der Waals surface area contributed by atoms with Crippen LogP contribution in [0.1, 0.15) is 20.3 Å². The van der Waals surface area contributed by atoms with Crippen molar-refractivity contribution in [3.63, 3.8) is 0 Å². The summed E-state index contributed by atoms with van der Waals surface area (Å²) in [6.45, 7) is 5.79. The Labute approximate surface area is 74.1 Å². The van der Waals surface area contributed by atoms with Gasteiger partial charge in [0, 0.05) is 25.1 Å². The summed E-state index contributed by atoms with van der Waals surface area (Å²) in [6.07, 6.45) is 0.731. The summed E-state index contributed by atoms with van der Waals surface area (Å²) < 4.78 is 4.93. The highest BCUT2D eigenvalue weighted by molar-refractivity contribution is 5.01. The number of nitrogens with one attached hydrogen (secondary N) is 1. The van der Waals surface area contributed by atoms with Crippen LogP contribution in [0, 0.1) is 5.41 Å². The highest BCUT2D eigenvalue weighted by atomic mass is 16.5. The van der Waals surface area contributed by atoms with Crippen LogP contribution in [-0.2, 0) is 4.74 Å². The molecular weight excluding hydrogens is 154 g/mol. The van der Waals surface area contributed by atoms with Crippen LogP contribution in [0.4, 0.5) is 0 Å². The fraction of sp³-hybridized carbons (Fsp3) is 1.00. The van der Waals surface area contributed by atoms with Gasteiger partial charge >= 0.3 is 0 Å². The van der Waals surface area contributed by atoms with Gasteiger partial charge in [0.05, 0.1) is 12.7 Å². The summed E-state index contributed by atoms with van der Waals surface area (Å²) in [5.74, 6) is 0. The minimum atomic E-state index is -0.141. The van der Waals surface area contributed by atoms with Crippen molar-refractivity contribution in [1.82, 2.24) is 5.32 Å². The number of ether oxygens (including phenoxy) is 1. The van der Waals surface area contributed by atoms with E-state index < -0.39 is 0 Å². The molecule has 0 aromatic heterocycles. The Hall–Kier alpha value is -0.120. The van der Waals surface area contributed by atoms with Gasteiger partial charge in [0.1, 0.15) is 0 Å². The van der Waals surface area contributed by atoms with Gasteiger partial charge in [-0.2, -0.15) is 0 Å². The van der Waals surface area contributed by atoms with Crippen LogP contribution >= 0.6 is 0 Å². The van der Waals surface area contributed by atoms with Gasteiger partial charge in [0.25, 0.3) is 0 Å². The summed E-state index contributed by atoms with van der Waals surface area (Å²) in [4.78, 5) is 0. The first-order valence-electron chi connectivity index (χ1n) is 4.49. The SMILES string of the molecule is COCCNC1CC(O)C1(C)C. The first-order chi connectivity index (χ1) is 5.59. The normalized spacial score (nSPS) is 33.0. The van der Waals surface area contributed by atoms with Crippen LogP contribution in [0.3, 0.4) is 0 Å². The van der Waals surface area contributed by atoms with E-state index in [4.69, 9.17) is 4.74 Å². The minimum absolute atomic E-state index is 0.0355. The van der Waals surface area contributed by atoms with E-state index in [9.17, 15) is 5.11 Å². The molecule has 0 bridgehead atoms. The number of methoxy groups -OCH3 is 1. The van der Waals surface area contributed by atoms with Gasteiger partial charge in [0.15, 0.2) is 0 Å². The number of aliphatic hydroxyl groups is 1. The summed E-state index contributed by atoms with van der Waals surface area (Å²) in [5, 5.41) is 12.8. The number of aliphatic hydroxyl groups excluding tert-OH is 1. The molecule has 2 N–H and O–H groups in total. The molecule has 0 heterocycles. The maximum atomic E-state index is 9.43. The molecule has 0 spiro atoms. The van der Waals surface area contributed by atoms with Crippen molar-refractivity contribution in [2.45, 2.75) is 32.4 Å². The molecule has 1 aliphatic rings. The Bertz CT molecular complexity index is 147. The minimum Gasteiger partial charge on any atom is -0.392 e. The molecule has 0 aromatic carbocycles. The fourth-order valence-corrected chi connectivity index (χ4v) is 1.58. The Balaban J connectivity index is 2.19. The van der Waals surface area contributed by atoms with Crippen LogP contribution in [0.15, 0.2) is 0 Å². The van der Waals surface area contributed by atoms with E-state index in [1.54, 1.807) is 7.11 Å². The first-order valence-corrected chi connectivity index (χ1v) is 4.49. The Morgan fingerprint density at radius 2 is 2.25 bits per heavy atom. The first kappa shape index (κ1) is 9.96. The molecule has 1 rings (SSSR count). The van der Waals surface area contributed by atoms with Crippen molar-refractivity contribution in [3.8, 4) is 0 Å². The number of rotatable bonds is 4. The molecule has 0 saturated heterocycles. The molecule has 2 atom stereocenters. The van der Waals surface area contributed by atoms with Crippen LogP contribution in [0.25, 0.3) is 0 Å². The van der Waals surface area contributed by atoms with E-state index in [0.29, 0.717) is 6.04 Å². The zero-order valence-corrected chi connectivity index (χ0v) is 8.13. The largest absolute Gasteiger partial charge is 0.392 e. The zero-order valence-electron chi connectivity index (χ0n) is 8.13. The molecule has 72 valence electrons. The highest BCUT2D eigenvalue weighted by Crippen LogP contribution is 2.40. The molecule has 0 amide bonds. The number of hydrogen-bond donors (Lipinski definition) is 2. The van der Waals surface area contributed by atoms with Gasteiger partial charge in [-0.3, -0.25) is 0 Å². The predicted octanol–water partition coefficient (Wildman–Crippen LogP) is 0.382. The van der Waals surface area contributed by atoms with Crippen molar-refractivity contribution in [2.75, 3.05) is 20.3 Å². The molecule has 0 radical (unpaired) electrons. The quantitative estimate of drug-likeness (QED) is 0.604. The van der Waals surface area contributed by atoms with Gasteiger partial charge < -0.3 is 15.2 Å². The van der Waals surface area contributed by atoms with E-state index in [2.05, 4.69) is 19.2 Å². The molecule has 0 aliphatic heterocycles. The molecule has 1 fully saturated rings. The van der Waals surface area contributed by atoms with Crippen LogP contribution in [-0.4, -0.2) is 37.5 Å². The third-order valence-corrected chi connectivity index (χ3v) is 2.91. The highest BCUT2D eigenvalue weighted by Gasteiger charge is 2.46. The third-order valence-electron chi connectivity index (χ3n) is 2.91. The molecule has 1 saturated carbocycles. The maximum Gasteiger partial charge on any atom is 0.0621 e. The smallest absolute Gasteiger partial charge is 0.0621 e. The van der Waals surface area contributed by atoms with Crippen molar-refractivity contribution in [2.24, 2.45) is 5.41 Å². The van der Waals surface area contributed by atoms with Crippen molar-refractivity contribution in [3.05, 3.63) is 0 Å². The summed E-state index contributed by atoms with van der Waals surface area (Å²) in [7, 11) is 1.70. The Morgan fingerprint density at radius 1 is 1.58 bits per heavy atom.